The van der Waals surface area contributed by atoms with Crippen LogP contribution in [-0.4, -0.2) is 56.3 Å². The van der Waals surface area contributed by atoms with Gasteiger partial charge in [0.1, 0.15) is 0 Å². The maximum atomic E-state index is 12.4. The molecule has 0 unspecified atom stereocenters. The fraction of sp³-hybridized carbons (Fsp3) is 0.615. The molecule has 5 nitrogen and oxygen atoms in total. The van der Waals surface area contributed by atoms with Crippen molar-refractivity contribution < 1.29 is 8.42 Å². The van der Waals surface area contributed by atoms with E-state index in [1.807, 2.05) is 0 Å². The Hall–Kier alpha value is -0.980. The molecule has 3 rings (SSSR count). The SMILES string of the molecule is CN1CCC2(CC1)CN(C)S(=O)(=O)c1ccncc12. The van der Waals surface area contributed by atoms with Gasteiger partial charge in [-0.05, 0) is 44.6 Å². The number of fused-ring (bicyclic) bond motifs is 2. The van der Waals surface area contributed by atoms with Crippen LogP contribution in [0.15, 0.2) is 23.4 Å². The molecule has 0 bridgehead atoms. The third kappa shape index (κ3) is 1.89. The quantitative estimate of drug-likeness (QED) is 0.702. The zero-order valence-corrected chi connectivity index (χ0v) is 12.2. The summed E-state index contributed by atoms with van der Waals surface area (Å²) in [5, 5.41) is 0. The average molecular weight is 281 g/mol. The van der Waals surface area contributed by atoms with Crippen molar-refractivity contribution in [2.45, 2.75) is 23.2 Å². The summed E-state index contributed by atoms with van der Waals surface area (Å²) >= 11 is 0. The van der Waals surface area contributed by atoms with Gasteiger partial charge >= 0.3 is 0 Å². The first-order chi connectivity index (χ1) is 8.96. The molecule has 0 atom stereocenters. The molecule has 0 aromatic carbocycles. The highest BCUT2D eigenvalue weighted by atomic mass is 32.2. The van der Waals surface area contributed by atoms with Crippen LogP contribution in [0.25, 0.3) is 0 Å². The molecule has 3 heterocycles. The largest absolute Gasteiger partial charge is 0.306 e. The Bertz CT molecular complexity index is 592. The molecule has 1 aromatic heterocycles. The summed E-state index contributed by atoms with van der Waals surface area (Å²) in [4.78, 5) is 6.90. The number of hydrogen-bond donors (Lipinski definition) is 0. The minimum Gasteiger partial charge on any atom is -0.306 e. The summed E-state index contributed by atoms with van der Waals surface area (Å²) in [6.07, 6.45) is 5.30. The number of rotatable bonds is 0. The van der Waals surface area contributed by atoms with Gasteiger partial charge in [-0.15, -0.1) is 0 Å². The average Bonchev–Trinajstić information content (AvgIpc) is 2.40. The zero-order valence-electron chi connectivity index (χ0n) is 11.3. The molecule has 19 heavy (non-hydrogen) atoms. The predicted molar refractivity (Wildman–Crippen MR) is 72.5 cm³/mol. The van der Waals surface area contributed by atoms with Gasteiger partial charge in [0.2, 0.25) is 10.0 Å². The maximum absolute atomic E-state index is 12.4. The molecule has 0 N–H and O–H groups in total. The molecule has 1 spiro atoms. The lowest BCUT2D eigenvalue weighted by molar-refractivity contribution is 0.160. The molecule has 104 valence electrons. The molecule has 0 radical (unpaired) electrons. The van der Waals surface area contributed by atoms with Crippen LogP contribution in [0.1, 0.15) is 18.4 Å². The number of hydrogen-bond acceptors (Lipinski definition) is 4. The molecule has 0 saturated carbocycles. The first kappa shape index (κ1) is 13.0. The Morgan fingerprint density at radius 1 is 1.26 bits per heavy atom. The van der Waals surface area contributed by atoms with Gasteiger partial charge in [0, 0.05) is 31.4 Å². The number of pyridine rings is 1. The topological polar surface area (TPSA) is 53.5 Å². The Morgan fingerprint density at radius 2 is 1.95 bits per heavy atom. The minimum atomic E-state index is -3.33. The fourth-order valence-electron chi connectivity index (χ4n) is 3.24. The highest BCUT2D eigenvalue weighted by Crippen LogP contribution is 2.43. The van der Waals surface area contributed by atoms with E-state index in [-0.39, 0.29) is 5.41 Å². The number of sulfonamides is 1. The van der Waals surface area contributed by atoms with Crippen molar-refractivity contribution in [1.29, 1.82) is 0 Å². The first-order valence-electron chi connectivity index (χ1n) is 6.55. The third-order valence-electron chi connectivity index (χ3n) is 4.51. The minimum absolute atomic E-state index is 0.0594. The Labute approximate surface area is 114 Å². The van der Waals surface area contributed by atoms with E-state index in [9.17, 15) is 8.42 Å². The molecular weight excluding hydrogens is 262 g/mol. The second-order valence-corrected chi connectivity index (χ2v) is 7.73. The fourth-order valence-corrected chi connectivity index (χ4v) is 4.78. The summed E-state index contributed by atoms with van der Waals surface area (Å²) in [6, 6.07) is 1.64. The normalized spacial score (nSPS) is 26.2. The predicted octanol–water partition coefficient (Wildman–Crippen LogP) is 0.679. The van der Waals surface area contributed by atoms with E-state index in [1.54, 1.807) is 25.5 Å². The van der Waals surface area contributed by atoms with Crippen molar-refractivity contribution >= 4 is 10.0 Å². The first-order valence-corrected chi connectivity index (χ1v) is 7.99. The Kier molecular flexibility index (Phi) is 2.92. The van der Waals surface area contributed by atoms with Crippen molar-refractivity contribution in [3.63, 3.8) is 0 Å². The summed E-state index contributed by atoms with van der Waals surface area (Å²) in [5.74, 6) is 0. The molecule has 2 aliphatic heterocycles. The van der Waals surface area contributed by atoms with Crippen LogP contribution >= 0.6 is 0 Å². The van der Waals surface area contributed by atoms with Crippen LogP contribution in [0.4, 0.5) is 0 Å². The maximum Gasteiger partial charge on any atom is 0.243 e. The standard InChI is InChI=1S/C13H19N3O2S/c1-15-7-4-13(5-8-15)10-16(2)19(17,18)12-3-6-14-9-11(12)13/h3,6,9H,4-5,7-8,10H2,1-2H3. The molecular formula is C13H19N3O2S. The number of nitrogens with zero attached hydrogens (tertiary/aromatic N) is 3. The highest BCUT2D eigenvalue weighted by Gasteiger charge is 2.46. The number of piperidine rings is 1. The van der Waals surface area contributed by atoms with Gasteiger partial charge in [-0.1, -0.05) is 0 Å². The van der Waals surface area contributed by atoms with Crippen molar-refractivity contribution in [3.05, 3.63) is 24.0 Å². The monoisotopic (exact) mass is 281 g/mol. The molecule has 1 aromatic rings. The number of aromatic nitrogens is 1. The van der Waals surface area contributed by atoms with E-state index in [0.29, 0.717) is 11.4 Å². The lowest BCUT2D eigenvalue weighted by Crippen LogP contribution is -2.52. The lowest BCUT2D eigenvalue weighted by Gasteiger charge is -2.46. The summed E-state index contributed by atoms with van der Waals surface area (Å²) in [7, 11) is 0.461. The van der Waals surface area contributed by atoms with Crippen LogP contribution in [0.3, 0.4) is 0 Å². The van der Waals surface area contributed by atoms with Crippen molar-refractivity contribution in [2.75, 3.05) is 33.7 Å². The molecule has 0 amide bonds. The van der Waals surface area contributed by atoms with Crippen LogP contribution in [-0.2, 0) is 15.4 Å². The molecule has 0 aliphatic carbocycles. The summed E-state index contributed by atoms with van der Waals surface area (Å²) in [5.41, 5.74) is 0.858. The smallest absolute Gasteiger partial charge is 0.243 e. The van der Waals surface area contributed by atoms with Crippen LogP contribution in [0.2, 0.25) is 0 Å². The Balaban J connectivity index is 2.14. The number of likely N-dealkylation sites (N-methyl/N-ethyl adjacent to an activating group) is 1. The number of likely N-dealkylation sites (tertiary alicyclic amines) is 1. The van der Waals surface area contributed by atoms with E-state index in [4.69, 9.17) is 0 Å². The van der Waals surface area contributed by atoms with Gasteiger partial charge in [-0.2, -0.15) is 0 Å². The third-order valence-corrected chi connectivity index (χ3v) is 6.37. The van der Waals surface area contributed by atoms with Gasteiger partial charge in [0.15, 0.2) is 0 Å². The van der Waals surface area contributed by atoms with Crippen molar-refractivity contribution in [2.24, 2.45) is 0 Å². The van der Waals surface area contributed by atoms with Crippen LogP contribution in [0.5, 0.6) is 0 Å². The van der Waals surface area contributed by atoms with Crippen LogP contribution < -0.4 is 0 Å². The van der Waals surface area contributed by atoms with Crippen LogP contribution in [0, 0.1) is 0 Å². The second-order valence-electron chi connectivity index (χ2n) is 5.72. The second kappa shape index (κ2) is 4.26. The van der Waals surface area contributed by atoms with Crippen molar-refractivity contribution in [3.8, 4) is 0 Å². The molecule has 1 saturated heterocycles. The van der Waals surface area contributed by atoms with Gasteiger partial charge < -0.3 is 4.90 Å². The zero-order chi connectivity index (χ0) is 13.7. The van der Waals surface area contributed by atoms with Gasteiger partial charge in [0.05, 0.1) is 4.90 Å². The highest BCUT2D eigenvalue weighted by molar-refractivity contribution is 7.89. The van der Waals surface area contributed by atoms with E-state index in [0.717, 1.165) is 31.5 Å². The van der Waals surface area contributed by atoms with Gasteiger partial charge in [0.25, 0.3) is 0 Å². The summed E-state index contributed by atoms with van der Waals surface area (Å²) in [6.45, 7) is 2.58. The molecule has 1 fully saturated rings. The molecule has 6 heteroatoms. The van der Waals surface area contributed by atoms with Gasteiger partial charge in [-0.25, -0.2) is 12.7 Å². The van der Waals surface area contributed by atoms with E-state index >= 15 is 0 Å². The Morgan fingerprint density at radius 3 is 2.63 bits per heavy atom. The van der Waals surface area contributed by atoms with Gasteiger partial charge in [-0.3, -0.25) is 4.98 Å². The van der Waals surface area contributed by atoms with E-state index in [1.165, 1.54) is 4.31 Å². The van der Waals surface area contributed by atoms with E-state index < -0.39 is 10.0 Å². The van der Waals surface area contributed by atoms with Crippen molar-refractivity contribution in [1.82, 2.24) is 14.2 Å². The lowest BCUT2D eigenvalue weighted by atomic mass is 9.73. The summed E-state index contributed by atoms with van der Waals surface area (Å²) < 4.78 is 26.3. The molecule has 2 aliphatic rings. The van der Waals surface area contributed by atoms with E-state index in [2.05, 4.69) is 16.9 Å².